The molecule has 0 aliphatic rings. The van der Waals surface area contributed by atoms with E-state index in [4.69, 9.17) is 9.84 Å². The summed E-state index contributed by atoms with van der Waals surface area (Å²) in [6, 6.07) is 26.9. The fraction of sp³-hybridized carbons (Fsp3) is 0.259. The van der Waals surface area contributed by atoms with Crippen LogP contribution in [0.15, 0.2) is 84.9 Å². The van der Waals surface area contributed by atoms with Gasteiger partial charge in [-0.3, -0.25) is 9.59 Å². The summed E-state index contributed by atoms with van der Waals surface area (Å²) in [6.07, 6.45) is 1.22. The van der Waals surface area contributed by atoms with Gasteiger partial charge in [-0.25, -0.2) is 0 Å². The molecule has 0 radical (unpaired) electrons. The van der Waals surface area contributed by atoms with Gasteiger partial charge in [-0.1, -0.05) is 80.2 Å². The third kappa shape index (κ3) is 8.64. The molecule has 3 aromatic rings. The molecule has 0 unspecified atom stereocenters. The molecule has 0 bridgehead atoms. The Labute approximate surface area is 190 Å². The van der Waals surface area contributed by atoms with Gasteiger partial charge in [-0.15, -0.1) is 0 Å². The van der Waals surface area contributed by atoms with Gasteiger partial charge in [0.2, 0.25) is 5.91 Å². The van der Waals surface area contributed by atoms with Crippen molar-refractivity contribution in [1.29, 1.82) is 0 Å². The van der Waals surface area contributed by atoms with Gasteiger partial charge < -0.3 is 15.2 Å². The smallest absolute Gasteiger partial charge is 0.303 e. The summed E-state index contributed by atoms with van der Waals surface area (Å²) in [5, 5.41) is 12.1. The van der Waals surface area contributed by atoms with Crippen molar-refractivity contribution in [2.75, 3.05) is 0 Å². The fourth-order valence-corrected chi connectivity index (χ4v) is 3.33. The summed E-state index contributed by atoms with van der Waals surface area (Å²) in [4.78, 5) is 23.5. The van der Waals surface area contributed by atoms with E-state index < -0.39 is 5.97 Å². The largest absolute Gasteiger partial charge is 0.489 e. The molecule has 0 aliphatic carbocycles. The maximum absolute atomic E-state index is 12.5. The molecule has 3 rings (SSSR count). The van der Waals surface area contributed by atoms with Crippen LogP contribution < -0.4 is 10.1 Å². The van der Waals surface area contributed by atoms with E-state index in [-0.39, 0.29) is 32.2 Å². The molecule has 3 aromatic carbocycles. The Morgan fingerprint density at radius 1 is 0.812 bits per heavy atom. The Morgan fingerprint density at radius 3 is 2.00 bits per heavy atom. The van der Waals surface area contributed by atoms with Crippen molar-refractivity contribution in [2.45, 2.75) is 45.8 Å². The highest BCUT2D eigenvalue weighted by Crippen LogP contribution is 2.16. The van der Waals surface area contributed by atoms with Crippen LogP contribution in [0.25, 0.3) is 0 Å². The first-order valence-electron chi connectivity index (χ1n) is 10.4. The quantitative estimate of drug-likeness (QED) is 0.444. The van der Waals surface area contributed by atoms with E-state index in [9.17, 15) is 9.59 Å². The van der Waals surface area contributed by atoms with Gasteiger partial charge in [0.1, 0.15) is 12.4 Å². The van der Waals surface area contributed by atoms with E-state index in [1.54, 1.807) is 0 Å². The van der Waals surface area contributed by atoms with Crippen molar-refractivity contribution >= 4 is 11.9 Å². The average Bonchev–Trinajstić information content (AvgIpc) is 2.78. The zero-order chi connectivity index (χ0) is 21.9. The molecule has 168 valence electrons. The molecule has 0 aromatic heterocycles. The highest BCUT2D eigenvalue weighted by Gasteiger charge is 2.15. The fourth-order valence-electron chi connectivity index (χ4n) is 3.33. The summed E-state index contributed by atoms with van der Waals surface area (Å²) in [7, 11) is 0. The second kappa shape index (κ2) is 13.0. The third-order valence-electron chi connectivity index (χ3n) is 4.93. The number of rotatable bonds is 11. The van der Waals surface area contributed by atoms with Gasteiger partial charge in [0.05, 0.1) is 6.42 Å². The van der Waals surface area contributed by atoms with E-state index in [1.165, 1.54) is 0 Å². The van der Waals surface area contributed by atoms with Crippen LogP contribution in [0.5, 0.6) is 5.75 Å². The van der Waals surface area contributed by atoms with E-state index in [0.29, 0.717) is 19.4 Å². The van der Waals surface area contributed by atoms with Crippen molar-refractivity contribution in [2.24, 2.45) is 0 Å². The van der Waals surface area contributed by atoms with Crippen LogP contribution in [0, 0.1) is 0 Å². The summed E-state index contributed by atoms with van der Waals surface area (Å²) < 4.78 is 5.81. The molecule has 0 aliphatic heterocycles. The van der Waals surface area contributed by atoms with Crippen molar-refractivity contribution in [3.05, 3.63) is 102 Å². The van der Waals surface area contributed by atoms with Crippen LogP contribution in [0.4, 0.5) is 0 Å². The lowest BCUT2D eigenvalue weighted by Crippen LogP contribution is -2.37. The molecule has 0 fully saturated rings. The van der Waals surface area contributed by atoms with E-state index in [1.807, 2.05) is 84.9 Å². The van der Waals surface area contributed by atoms with Crippen molar-refractivity contribution in [3.63, 3.8) is 0 Å². The third-order valence-corrected chi connectivity index (χ3v) is 4.93. The predicted molar refractivity (Wildman–Crippen MR) is 127 cm³/mol. The molecule has 0 spiro atoms. The molecule has 1 atom stereocenters. The lowest BCUT2D eigenvalue weighted by molar-refractivity contribution is -0.137. The molecular weight excluding hydrogens is 402 g/mol. The summed E-state index contributed by atoms with van der Waals surface area (Å²) in [5.74, 6) is -0.209. The van der Waals surface area contributed by atoms with Crippen LogP contribution in [-0.2, 0) is 29.0 Å². The number of nitrogens with one attached hydrogen (secondary N) is 1. The SMILES string of the molecule is C.O=C(O)CC[C@@H](Cc1ccc(OCc2ccccc2)cc1)NC(=O)Cc1ccccc1. The van der Waals surface area contributed by atoms with Crippen LogP contribution >= 0.6 is 0 Å². The van der Waals surface area contributed by atoms with Gasteiger partial charge in [0, 0.05) is 12.5 Å². The number of carbonyl (C=O) groups is 2. The maximum atomic E-state index is 12.5. The van der Waals surface area contributed by atoms with E-state index in [2.05, 4.69) is 5.32 Å². The Bertz CT molecular complexity index is 956. The second-order valence-corrected chi connectivity index (χ2v) is 7.48. The molecule has 0 saturated carbocycles. The van der Waals surface area contributed by atoms with E-state index >= 15 is 0 Å². The Morgan fingerprint density at radius 2 is 1.41 bits per heavy atom. The molecular formula is C27H31NO4. The van der Waals surface area contributed by atoms with Crippen molar-refractivity contribution in [3.8, 4) is 5.75 Å². The first kappa shape index (κ1) is 24.7. The first-order valence-corrected chi connectivity index (χ1v) is 10.4. The molecule has 0 saturated heterocycles. The Balaban J connectivity index is 0.00000363. The number of benzene rings is 3. The maximum Gasteiger partial charge on any atom is 0.303 e. The molecule has 32 heavy (non-hydrogen) atoms. The highest BCUT2D eigenvalue weighted by molar-refractivity contribution is 5.79. The standard InChI is InChI=1S/C26H27NO4.CH4/c28-25(18-20-7-3-1-4-8-20)27-23(13-16-26(29)30)17-21-11-14-24(15-12-21)31-19-22-9-5-2-6-10-22;/h1-12,14-15,23H,13,16-19H2,(H,27,28)(H,29,30);1H4/t23-;/m0./s1. The summed E-state index contributed by atoms with van der Waals surface area (Å²) in [5.41, 5.74) is 3.04. The number of aliphatic carboxylic acids is 1. The lowest BCUT2D eigenvalue weighted by Gasteiger charge is -2.19. The predicted octanol–water partition coefficient (Wildman–Crippen LogP) is 5.04. The van der Waals surface area contributed by atoms with Gasteiger partial charge in [0.15, 0.2) is 0 Å². The minimum Gasteiger partial charge on any atom is -0.489 e. The van der Waals surface area contributed by atoms with Crippen LogP contribution in [-0.4, -0.2) is 23.0 Å². The first-order chi connectivity index (χ1) is 15.1. The molecule has 0 heterocycles. The van der Waals surface area contributed by atoms with Crippen LogP contribution in [0.1, 0.15) is 37.0 Å². The number of hydrogen-bond acceptors (Lipinski definition) is 3. The summed E-state index contributed by atoms with van der Waals surface area (Å²) >= 11 is 0. The number of carboxylic acid groups (broad SMARTS) is 1. The topological polar surface area (TPSA) is 75.6 Å². The minimum absolute atomic E-state index is 0. The van der Waals surface area contributed by atoms with Gasteiger partial charge in [-0.05, 0) is 41.7 Å². The van der Waals surface area contributed by atoms with Gasteiger partial charge in [0.25, 0.3) is 0 Å². The normalized spacial score (nSPS) is 11.1. The number of amides is 1. The zero-order valence-corrected chi connectivity index (χ0v) is 17.4. The highest BCUT2D eigenvalue weighted by atomic mass is 16.5. The van der Waals surface area contributed by atoms with Gasteiger partial charge in [-0.2, -0.15) is 0 Å². The molecule has 5 nitrogen and oxygen atoms in total. The van der Waals surface area contributed by atoms with Crippen molar-refractivity contribution in [1.82, 2.24) is 5.32 Å². The minimum atomic E-state index is -0.869. The monoisotopic (exact) mass is 433 g/mol. The van der Waals surface area contributed by atoms with Crippen LogP contribution in [0.2, 0.25) is 0 Å². The van der Waals surface area contributed by atoms with Crippen LogP contribution in [0.3, 0.4) is 0 Å². The molecule has 5 heteroatoms. The Hall–Kier alpha value is -3.60. The Kier molecular flexibility index (Phi) is 9.98. The number of ether oxygens (including phenoxy) is 1. The lowest BCUT2D eigenvalue weighted by atomic mass is 10.0. The molecule has 2 N–H and O–H groups in total. The summed E-state index contributed by atoms with van der Waals surface area (Å²) in [6.45, 7) is 0.497. The van der Waals surface area contributed by atoms with Crippen molar-refractivity contribution < 1.29 is 19.4 Å². The second-order valence-electron chi connectivity index (χ2n) is 7.48. The van der Waals surface area contributed by atoms with Gasteiger partial charge >= 0.3 is 5.97 Å². The average molecular weight is 434 g/mol. The van der Waals surface area contributed by atoms with E-state index in [0.717, 1.165) is 22.4 Å². The zero-order valence-electron chi connectivity index (χ0n) is 17.4. The molecule has 1 amide bonds. The number of carbonyl (C=O) groups excluding carboxylic acids is 1. The number of hydrogen-bond donors (Lipinski definition) is 2. The number of carboxylic acids is 1.